The van der Waals surface area contributed by atoms with Crippen molar-refractivity contribution >= 4 is 23.8 Å². The minimum absolute atomic E-state index is 0.0588. The Morgan fingerprint density at radius 2 is 0.879 bits per heavy atom. The second kappa shape index (κ2) is 10.8. The molecule has 0 heterocycles. The lowest BCUT2D eigenvalue weighted by Gasteiger charge is -2.22. The lowest BCUT2D eigenvalue weighted by atomic mass is 9.88. The molecule has 2 heteroatoms. The van der Waals surface area contributed by atoms with Crippen molar-refractivity contribution in [2.75, 3.05) is 0 Å². The quantitative estimate of drug-likeness (QED) is 0.362. The zero-order valence-electron chi connectivity index (χ0n) is 22.2. The highest BCUT2D eigenvalue weighted by Crippen LogP contribution is 2.40. The first-order valence-electron chi connectivity index (χ1n) is 13.0. The first-order valence-corrected chi connectivity index (χ1v) is 13.0. The predicted octanol–water partition coefficient (Wildman–Crippen LogP) is 9.85. The van der Waals surface area contributed by atoms with Crippen molar-refractivity contribution in [3.05, 3.63) is 58.7 Å². The summed E-state index contributed by atoms with van der Waals surface area (Å²) in [6.45, 7) is 18.1. The normalized spacial score (nSPS) is 16.5. The number of hydrogen-bond donors (Lipinski definition) is 0. The van der Waals surface area contributed by atoms with E-state index in [1.807, 2.05) is 0 Å². The average Bonchev–Trinajstić information content (AvgIpc) is 3.24. The Morgan fingerprint density at radius 3 is 1.15 bits per heavy atom. The van der Waals surface area contributed by atoms with E-state index in [0.717, 1.165) is 12.8 Å². The van der Waals surface area contributed by atoms with E-state index in [-0.39, 0.29) is 5.41 Å². The Balaban J connectivity index is 2.06. The maximum atomic E-state index is 5.21. The molecule has 1 aliphatic carbocycles. The lowest BCUT2D eigenvalue weighted by molar-refractivity contribution is 0.628. The molecular formula is C31H44N2. The largest absolute Gasteiger partial charge is 0.260 e. The second-order valence-electron chi connectivity index (χ2n) is 11.1. The van der Waals surface area contributed by atoms with Crippen LogP contribution in [-0.4, -0.2) is 12.4 Å². The minimum Gasteiger partial charge on any atom is -0.260 e. The Morgan fingerprint density at radius 1 is 0.576 bits per heavy atom. The van der Waals surface area contributed by atoms with E-state index in [0.29, 0.717) is 23.7 Å². The third-order valence-electron chi connectivity index (χ3n) is 7.12. The van der Waals surface area contributed by atoms with Crippen LogP contribution in [0.4, 0.5) is 11.4 Å². The van der Waals surface area contributed by atoms with Gasteiger partial charge in [0, 0.05) is 17.8 Å². The van der Waals surface area contributed by atoms with E-state index >= 15 is 0 Å². The fourth-order valence-corrected chi connectivity index (χ4v) is 5.03. The van der Waals surface area contributed by atoms with Crippen molar-refractivity contribution in [1.82, 2.24) is 0 Å². The molecule has 0 bridgehead atoms. The summed E-state index contributed by atoms with van der Waals surface area (Å²) in [5.74, 6) is 1.82. The van der Waals surface area contributed by atoms with Gasteiger partial charge >= 0.3 is 0 Å². The molecule has 0 aromatic heterocycles. The van der Waals surface area contributed by atoms with E-state index in [4.69, 9.17) is 9.98 Å². The van der Waals surface area contributed by atoms with Gasteiger partial charge in [-0.1, -0.05) is 105 Å². The third kappa shape index (κ3) is 5.83. The monoisotopic (exact) mass is 444 g/mol. The van der Waals surface area contributed by atoms with Crippen LogP contribution in [-0.2, 0) is 0 Å². The summed E-state index contributed by atoms with van der Waals surface area (Å²) in [5, 5.41) is 0. The van der Waals surface area contributed by atoms with Crippen LogP contribution in [0.15, 0.2) is 46.4 Å². The van der Waals surface area contributed by atoms with Crippen molar-refractivity contribution in [1.29, 1.82) is 0 Å². The van der Waals surface area contributed by atoms with Crippen molar-refractivity contribution < 1.29 is 0 Å². The summed E-state index contributed by atoms with van der Waals surface area (Å²) >= 11 is 0. The number of aliphatic imine (C=N–C) groups is 2. The molecule has 0 N–H and O–H groups in total. The van der Waals surface area contributed by atoms with Crippen LogP contribution >= 0.6 is 0 Å². The number of benzene rings is 2. The van der Waals surface area contributed by atoms with Gasteiger partial charge in [0.05, 0.1) is 11.4 Å². The molecule has 1 saturated carbocycles. The number of hydrogen-bond acceptors (Lipinski definition) is 2. The first-order chi connectivity index (χ1) is 15.6. The highest BCUT2D eigenvalue weighted by Gasteiger charge is 2.31. The molecule has 3 rings (SSSR count). The molecule has 178 valence electrons. The van der Waals surface area contributed by atoms with Crippen LogP contribution in [0.5, 0.6) is 0 Å². The Kier molecular flexibility index (Phi) is 8.32. The molecule has 1 aliphatic rings. The van der Waals surface area contributed by atoms with Crippen molar-refractivity contribution in [2.24, 2.45) is 15.4 Å². The molecule has 2 aromatic carbocycles. The molecular weight excluding hydrogens is 400 g/mol. The van der Waals surface area contributed by atoms with E-state index in [1.54, 1.807) is 0 Å². The Hall–Kier alpha value is -2.22. The SMILES string of the molecule is CC(C)c1cccc(C(C)C)c1N=CC1(C=Nc2c(C(C)C)cccc2C(C)C)CCCC1. The third-order valence-corrected chi connectivity index (χ3v) is 7.12. The van der Waals surface area contributed by atoms with Gasteiger partial charge in [0.2, 0.25) is 0 Å². The zero-order valence-corrected chi connectivity index (χ0v) is 22.2. The van der Waals surface area contributed by atoms with E-state index in [9.17, 15) is 0 Å². The van der Waals surface area contributed by atoms with Gasteiger partial charge in [-0.2, -0.15) is 0 Å². The van der Waals surface area contributed by atoms with Gasteiger partial charge in [0.15, 0.2) is 0 Å². The van der Waals surface area contributed by atoms with Crippen molar-refractivity contribution in [3.8, 4) is 0 Å². The van der Waals surface area contributed by atoms with Gasteiger partial charge in [0.25, 0.3) is 0 Å². The molecule has 0 aliphatic heterocycles. The number of nitrogens with zero attached hydrogens (tertiary/aromatic N) is 2. The highest BCUT2D eigenvalue weighted by molar-refractivity contribution is 5.92. The average molecular weight is 445 g/mol. The maximum Gasteiger partial charge on any atom is 0.0695 e. The molecule has 1 fully saturated rings. The maximum absolute atomic E-state index is 5.21. The summed E-state index contributed by atoms with van der Waals surface area (Å²) in [4.78, 5) is 10.4. The van der Waals surface area contributed by atoms with Gasteiger partial charge < -0.3 is 0 Å². The molecule has 33 heavy (non-hydrogen) atoms. The van der Waals surface area contributed by atoms with Crippen molar-refractivity contribution in [2.45, 2.75) is 105 Å². The standard InChI is InChI=1S/C31H44N2/c1-21(2)25-13-11-14-26(22(3)4)29(25)32-19-31(17-9-10-18-31)20-33-30-27(23(5)6)15-12-16-28(30)24(7)8/h11-16,19-24H,9-10,17-18H2,1-8H3. The van der Waals surface area contributed by atoms with Crippen LogP contribution in [0.2, 0.25) is 0 Å². The molecule has 0 amide bonds. The molecule has 0 unspecified atom stereocenters. The summed E-state index contributed by atoms with van der Waals surface area (Å²) < 4.78 is 0. The zero-order chi connectivity index (χ0) is 24.2. The van der Waals surface area contributed by atoms with Gasteiger partial charge in [0.1, 0.15) is 0 Å². The van der Waals surface area contributed by atoms with Crippen LogP contribution in [0, 0.1) is 5.41 Å². The van der Waals surface area contributed by atoms with E-state index in [2.05, 4.69) is 104 Å². The van der Waals surface area contributed by atoms with Crippen LogP contribution in [0.25, 0.3) is 0 Å². The summed E-state index contributed by atoms with van der Waals surface area (Å²) in [7, 11) is 0. The Labute approximate surface area is 202 Å². The smallest absolute Gasteiger partial charge is 0.0695 e. The molecule has 0 radical (unpaired) electrons. The van der Waals surface area contributed by atoms with Gasteiger partial charge in [-0.25, -0.2) is 0 Å². The molecule has 0 spiro atoms. The fraction of sp³-hybridized carbons (Fsp3) is 0.548. The molecule has 2 nitrogen and oxygen atoms in total. The van der Waals surface area contributed by atoms with E-state index in [1.165, 1.54) is 46.5 Å². The van der Waals surface area contributed by atoms with Gasteiger partial charge in [-0.3, -0.25) is 9.98 Å². The fourth-order valence-electron chi connectivity index (χ4n) is 5.03. The summed E-state index contributed by atoms with van der Waals surface area (Å²) in [6.07, 6.45) is 9.21. The van der Waals surface area contributed by atoms with E-state index < -0.39 is 0 Å². The minimum atomic E-state index is -0.0588. The molecule has 2 aromatic rings. The lowest BCUT2D eigenvalue weighted by Crippen LogP contribution is -2.20. The van der Waals surface area contributed by atoms with Crippen LogP contribution < -0.4 is 0 Å². The van der Waals surface area contributed by atoms with Gasteiger partial charge in [-0.05, 0) is 58.8 Å². The Bertz CT molecular complexity index is 858. The topological polar surface area (TPSA) is 24.7 Å². The number of para-hydroxylation sites is 2. The molecule has 0 atom stereocenters. The molecule has 0 saturated heterocycles. The first kappa shape index (κ1) is 25.4. The number of rotatable bonds is 8. The van der Waals surface area contributed by atoms with Crippen molar-refractivity contribution in [3.63, 3.8) is 0 Å². The van der Waals surface area contributed by atoms with Gasteiger partial charge in [-0.15, -0.1) is 0 Å². The highest BCUT2D eigenvalue weighted by atomic mass is 14.8. The summed E-state index contributed by atoms with van der Waals surface area (Å²) in [5.41, 5.74) is 7.66. The second-order valence-corrected chi connectivity index (χ2v) is 11.1. The summed E-state index contributed by atoms with van der Waals surface area (Å²) in [6, 6.07) is 13.3. The van der Waals surface area contributed by atoms with Crippen LogP contribution in [0.3, 0.4) is 0 Å². The van der Waals surface area contributed by atoms with Crippen LogP contribution in [0.1, 0.15) is 127 Å². The predicted molar refractivity (Wildman–Crippen MR) is 146 cm³/mol.